The summed E-state index contributed by atoms with van der Waals surface area (Å²) < 4.78 is 43.7. The number of furan rings is 1. The number of rotatable bonds is 3. The van der Waals surface area contributed by atoms with Crippen LogP contribution >= 0.6 is 0 Å². The van der Waals surface area contributed by atoms with E-state index in [2.05, 4.69) is 15.1 Å². The van der Waals surface area contributed by atoms with Gasteiger partial charge in [-0.3, -0.25) is 0 Å². The summed E-state index contributed by atoms with van der Waals surface area (Å²) in [6.45, 7) is 0. The van der Waals surface area contributed by atoms with Crippen molar-refractivity contribution < 1.29 is 17.2 Å². The predicted molar refractivity (Wildman–Crippen MR) is 91.8 cm³/mol. The van der Waals surface area contributed by atoms with Crippen LogP contribution in [0.25, 0.3) is 28.2 Å². The van der Waals surface area contributed by atoms with Crippen molar-refractivity contribution in [3.63, 3.8) is 0 Å². The third-order valence-corrected chi connectivity index (χ3v) is 4.55. The van der Waals surface area contributed by atoms with Gasteiger partial charge in [0.05, 0.1) is 17.3 Å². The minimum atomic E-state index is -3.69. The molecular weight excluding hydrogens is 361 g/mol. The molecule has 4 rings (SSSR count). The highest BCUT2D eigenvalue weighted by atomic mass is 32.2. The van der Waals surface area contributed by atoms with Crippen molar-refractivity contribution in [3.8, 4) is 17.1 Å². The third-order valence-electron chi connectivity index (χ3n) is 3.71. The Morgan fingerprint density at radius 3 is 2.50 bits per heavy atom. The van der Waals surface area contributed by atoms with Gasteiger partial charge < -0.3 is 10.2 Å². The molecule has 26 heavy (non-hydrogen) atoms. The smallest absolute Gasteiger partial charge is 0.249 e. The van der Waals surface area contributed by atoms with Crippen LogP contribution in [0.5, 0.6) is 0 Å². The Hall–Kier alpha value is -3.27. The highest BCUT2D eigenvalue weighted by Gasteiger charge is 2.23. The van der Waals surface area contributed by atoms with Crippen molar-refractivity contribution in [2.24, 2.45) is 0 Å². The number of hydrogen-bond donors (Lipinski definition) is 1. The zero-order chi connectivity index (χ0) is 18.5. The minimum absolute atomic E-state index is 0.0913. The summed E-state index contributed by atoms with van der Waals surface area (Å²) in [7, 11) is -3.69. The van der Waals surface area contributed by atoms with Crippen molar-refractivity contribution >= 4 is 26.7 Å². The summed E-state index contributed by atoms with van der Waals surface area (Å²) in [5.74, 6) is 0.102. The first kappa shape index (κ1) is 16.2. The van der Waals surface area contributed by atoms with Crippen molar-refractivity contribution in [1.29, 1.82) is 0 Å². The van der Waals surface area contributed by atoms with E-state index in [1.165, 1.54) is 35.2 Å². The van der Waals surface area contributed by atoms with Gasteiger partial charge in [-0.1, -0.05) is 0 Å². The molecule has 0 unspecified atom stereocenters. The maximum Gasteiger partial charge on any atom is 0.249 e. The number of nitrogens with zero attached hydrogens (tertiary/aromatic N) is 4. The van der Waals surface area contributed by atoms with E-state index in [-0.39, 0.29) is 22.3 Å². The number of hydrogen-bond acceptors (Lipinski definition) is 7. The molecule has 3 heterocycles. The molecule has 0 aliphatic carbocycles. The van der Waals surface area contributed by atoms with Gasteiger partial charge in [-0.25, -0.2) is 22.5 Å². The topological polar surface area (TPSA) is 117 Å². The van der Waals surface area contributed by atoms with Crippen LogP contribution in [-0.2, 0) is 9.84 Å². The largest absolute Gasteiger partial charge is 0.463 e. The standard InChI is InChI=1S/C16H12FN5O3S/c1-26(23,24)16-19-13(11-3-2-8-25-11)12-14(18)22(21-15(12)20-16)10-6-4-9(17)5-7-10/h2-8H,18H2,1H3. The van der Waals surface area contributed by atoms with Crippen LogP contribution in [0.4, 0.5) is 10.2 Å². The maximum absolute atomic E-state index is 13.2. The van der Waals surface area contributed by atoms with Crippen molar-refractivity contribution in [1.82, 2.24) is 19.7 Å². The summed E-state index contributed by atoms with van der Waals surface area (Å²) in [5, 5.41) is 4.22. The number of nitrogen functional groups attached to an aromatic ring is 1. The van der Waals surface area contributed by atoms with Crippen LogP contribution in [0.1, 0.15) is 0 Å². The van der Waals surface area contributed by atoms with Crippen molar-refractivity contribution in [3.05, 3.63) is 48.5 Å². The molecule has 0 aliphatic rings. The molecule has 0 saturated carbocycles. The Labute approximate surface area is 147 Å². The Kier molecular flexibility index (Phi) is 3.51. The summed E-state index contributed by atoms with van der Waals surface area (Å²) in [6, 6.07) is 8.79. The van der Waals surface area contributed by atoms with E-state index in [9.17, 15) is 12.8 Å². The van der Waals surface area contributed by atoms with E-state index in [0.717, 1.165) is 6.26 Å². The molecular formula is C16H12FN5O3S. The molecule has 8 nitrogen and oxygen atoms in total. The first-order valence-corrected chi connectivity index (χ1v) is 9.30. The molecule has 4 aromatic rings. The SMILES string of the molecule is CS(=O)(=O)c1nc(-c2ccco2)c2c(N)n(-c3ccc(F)cc3)nc2n1. The minimum Gasteiger partial charge on any atom is -0.463 e. The summed E-state index contributed by atoms with van der Waals surface area (Å²) >= 11 is 0. The van der Waals surface area contributed by atoms with Crippen molar-refractivity contribution in [2.45, 2.75) is 5.16 Å². The van der Waals surface area contributed by atoms with Crippen LogP contribution in [0.2, 0.25) is 0 Å². The Bertz CT molecular complexity index is 1220. The zero-order valence-corrected chi connectivity index (χ0v) is 14.2. The molecule has 0 spiro atoms. The Morgan fingerprint density at radius 1 is 1.15 bits per heavy atom. The molecule has 132 valence electrons. The molecule has 10 heteroatoms. The lowest BCUT2D eigenvalue weighted by molar-refractivity contribution is 0.577. The van der Waals surface area contributed by atoms with Gasteiger partial charge in [0.2, 0.25) is 15.0 Å². The average Bonchev–Trinajstić information content (AvgIpc) is 3.23. The van der Waals surface area contributed by atoms with Gasteiger partial charge in [0.15, 0.2) is 11.4 Å². The lowest BCUT2D eigenvalue weighted by atomic mass is 10.2. The highest BCUT2D eigenvalue weighted by Crippen LogP contribution is 2.32. The van der Waals surface area contributed by atoms with Crippen molar-refractivity contribution in [2.75, 3.05) is 12.0 Å². The van der Waals surface area contributed by atoms with E-state index in [4.69, 9.17) is 10.2 Å². The van der Waals surface area contributed by atoms with E-state index in [0.29, 0.717) is 16.8 Å². The second kappa shape index (κ2) is 5.63. The fourth-order valence-electron chi connectivity index (χ4n) is 2.53. The second-order valence-corrected chi connectivity index (χ2v) is 7.49. The molecule has 0 aliphatic heterocycles. The molecule has 0 atom stereocenters. The number of sulfone groups is 1. The lowest BCUT2D eigenvalue weighted by Gasteiger charge is -2.04. The molecule has 0 saturated heterocycles. The maximum atomic E-state index is 13.2. The van der Waals surface area contributed by atoms with Crippen LogP contribution in [0.15, 0.2) is 52.2 Å². The molecule has 0 fully saturated rings. The number of aromatic nitrogens is 4. The van der Waals surface area contributed by atoms with Gasteiger partial charge in [-0.15, -0.1) is 5.10 Å². The number of nitrogens with two attached hydrogens (primary N) is 1. The quantitative estimate of drug-likeness (QED) is 0.547. The van der Waals surface area contributed by atoms with Gasteiger partial charge in [-0.05, 0) is 36.4 Å². The normalized spacial score (nSPS) is 11.9. The second-order valence-electron chi connectivity index (χ2n) is 5.58. The Morgan fingerprint density at radius 2 is 1.88 bits per heavy atom. The van der Waals surface area contributed by atoms with E-state index < -0.39 is 15.7 Å². The van der Waals surface area contributed by atoms with Crippen LogP contribution in [0.3, 0.4) is 0 Å². The van der Waals surface area contributed by atoms with Gasteiger partial charge in [0.1, 0.15) is 17.3 Å². The number of benzene rings is 1. The number of anilines is 1. The predicted octanol–water partition coefficient (Wildman–Crippen LogP) is 2.20. The van der Waals surface area contributed by atoms with E-state index in [1.54, 1.807) is 12.1 Å². The fourth-order valence-corrected chi connectivity index (χ4v) is 3.04. The summed E-state index contributed by atoms with van der Waals surface area (Å²) in [4.78, 5) is 8.13. The lowest BCUT2D eigenvalue weighted by Crippen LogP contribution is -2.05. The molecule has 0 amide bonds. The van der Waals surface area contributed by atoms with Crippen LogP contribution < -0.4 is 5.73 Å². The monoisotopic (exact) mass is 373 g/mol. The highest BCUT2D eigenvalue weighted by molar-refractivity contribution is 7.90. The summed E-state index contributed by atoms with van der Waals surface area (Å²) in [5.41, 5.74) is 7.01. The van der Waals surface area contributed by atoms with Gasteiger partial charge in [0.25, 0.3) is 0 Å². The van der Waals surface area contributed by atoms with Crippen LogP contribution in [-0.4, -0.2) is 34.4 Å². The zero-order valence-electron chi connectivity index (χ0n) is 13.4. The van der Waals surface area contributed by atoms with E-state index in [1.807, 2.05) is 0 Å². The van der Waals surface area contributed by atoms with Gasteiger partial charge >= 0.3 is 0 Å². The van der Waals surface area contributed by atoms with Crippen LogP contribution in [0, 0.1) is 5.82 Å². The van der Waals surface area contributed by atoms with E-state index >= 15 is 0 Å². The summed E-state index contributed by atoms with van der Waals surface area (Å²) in [6.07, 6.45) is 2.43. The Balaban J connectivity index is 2.06. The first-order valence-electron chi connectivity index (χ1n) is 7.41. The fraction of sp³-hybridized carbons (Fsp3) is 0.0625. The number of fused-ring (bicyclic) bond motifs is 1. The van der Waals surface area contributed by atoms with Gasteiger partial charge in [-0.2, -0.15) is 4.98 Å². The molecule has 0 bridgehead atoms. The molecule has 1 aromatic carbocycles. The third kappa shape index (κ3) is 2.60. The molecule has 3 aromatic heterocycles. The molecule has 0 radical (unpaired) electrons. The number of halogens is 1. The average molecular weight is 373 g/mol. The first-order chi connectivity index (χ1) is 12.3. The van der Waals surface area contributed by atoms with Gasteiger partial charge in [0, 0.05) is 6.26 Å². The molecule has 2 N–H and O–H groups in total.